The third kappa shape index (κ3) is 3.90. The molecule has 0 aliphatic rings. The lowest BCUT2D eigenvalue weighted by molar-refractivity contribution is -0.137. The van der Waals surface area contributed by atoms with Crippen molar-refractivity contribution in [1.29, 1.82) is 0 Å². The van der Waals surface area contributed by atoms with E-state index in [0.29, 0.717) is 5.56 Å². The first-order valence-electron chi connectivity index (χ1n) is 5.39. The van der Waals surface area contributed by atoms with Crippen molar-refractivity contribution in [3.63, 3.8) is 0 Å². The van der Waals surface area contributed by atoms with E-state index in [2.05, 4.69) is 5.48 Å². The summed E-state index contributed by atoms with van der Waals surface area (Å²) in [5.41, 5.74) is 3.02. The Labute approximate surface area is 101 Å². The van der Waals surface area contributed by atoms with Gasteiger partial charge in [0.1, 0.15) is 0 Å². The molecule has 1 N–H and O–H groups in total. The van der Waals surface area contributed by atoms with Crippen LogP contribution in [-0.4, -0.2) is 11.9 Å². The van der Waals surface area contributed by atoms with Crippen LogP contribution in [0.15, 0.2) is 24.3 Å². The number of rotatable bonds is 1. The van der Waals surface area contributed by atoms with Crippen LogP contribution in [0.4, 0.5) is 0 Å². The topological polar surface area (TPSA) is 55.4 Å². The van der Waals surface area contributed by atoms with Crippen LogP contribution in [0, 0.1) is 12.3 Å². The summed E-state index contributed by atoms with van der Waals surface area (Å²) in [5, 5.41) is 0. The van der Waals surface area contributed by atoms with Crippen molar-refractivity contribution in [2.45, 2.75) is 27.7 Å². The van der Waals surface area contributed by atoms with Crippen molar-refractivity contribution in [2.24, 2.45) is 5.41 Å². The second-order valence-corrected chi connectivity index (χ2v) is 4.94. The molecule has 17 heavy (non-hydrogen) atoms. The Bertz CT molecular complexity index is 415. The van der Waals surface area contributed by atoms with Crippen LogP contribution in [0.2, 0.25) is 0 Å². The Morgan fingerprint density at radius 1 is 1.12 bits per heavy atom. The van der Waals surface area contributed by atoms with Crippen molar-refractivity contribution in [3.8, 4) is 0 Å². The molecule has 0 heterocycles. The molecule has 1 aromatic rings. The van der Waals surface area contributed by atoms with E-state index in [-0.39, 0.29) is 5.91 Å². The Morgan fingerprint density at radius 2 is 1.65 bits per heavy atom. The van der Waals surface area contributed by atoms with Gasteiger partial charge >= 0.3 is 5.97 Å². The van der Waals surface area contributed by atoms with Crippen LogP contribution < -0.4 is 5.48 Å². The van der Waals surface area contributed by atoms with E-state index in [1.54, 1.807) is 32.9 Å². The first-order chi connectivity index (χ1) is 7.80. The highest BCUT2D eigenvalue weighted by molar-refractivity contribution is 5.91. The number of nitrogens with one attached hydrogen (secondary N) is 1. The lowest BCUT2D eigenvalue weighted by Gasteiger charge is -2.16. The quantitative estimate of drug-likeness (QED) is 0.759. The Balaban J connectivity index is 2.56. The fourth-order valence-electron chi connectivity index (χ4n) is 0.994. The minimum Gasteiger partial charge on any atom is -0.335 e. The molecule has 1 amide bonds. The maximum Gasteiger partial charge on any atom is 0.362 e. The molecule has 0 saturated carbocycles. The van der Waals surface area contributed by atoms with Crippen molar-refractivity contribution in [2.75, 3.05) is 0 Å². The van der Waals surface area contributed by atoms with Gasteiger partial charge in [-0.2, -0.15) is 5.48 Å². The van der Waals surface area contributed by atoms with E-state index in [9.17, 15) is 9.59 Å². The normalized spacial score (nSPS) is 10.8. The van der Waals surface area contributed by atoms with Crippen LogP contribution in [0.1, 0.15) is 36.7 Å². The molecular formula is C13H17NO3. The van der Waals surface area contributed by atoms with E-state index >= 15 is 0 Å². The Kier molecular flexibility index (Phi) is 3.89. The van der Waals surface area contributed by atoms with Gasteiger partial charge in [0.2, 0.25) is 0 Å². The number of carbonyl (C=O) groups is 2. The van der Waals surface area contributed by atoms with Gasteiger partial charge in [-0.05, 0) is 19.1 Å². The zero-order valence-electron chi connectivity index (χ0n) is 10.5. The lowest BCUT2D eigenvalue weighted by Crippen LogP contribution is -2.36. The van der Waals surface area contributed by atoms with Crippen LogP contribution in [-0.2, 0) is 9.63 Å². The van der Waals surface area contributed by atoms with E-state index in [4.69, 9.17) is 4.84 Å². The molecule has 0 bridgehead atoms. The number of aryl methyl sites for hydroxylation is 1. The third-order valence-electron chi connectivity index (χ3n) is 2.20. The van der Waals surface area contributed by atoms with Gasteiger partial charge in [-0.1, -0.05) is 38.5 Å². The molecule has 0 radical (unpaired) electrons. The molecule has 0 unspecified atom stereocenters. The SMILES string of the molecule is Cc1ccc(C(=O)ONC(=O)C(C)(C)C)cc1. The Hall–Kier alpha value is -1.84. The van der Waals surface area contributed by atoms with E-state index < -0.39 is 11.4 Å². The zero-order chi connectivity index (χ0) is 13.1. The van der Waals surface area contributed by atoms with Gasteiger partial charge in [-0.15, -0.1) is 0 Å². The molecule has 0 saturated heterocycles. The number of benzene rings is 1. The molecule has 0 aliphatic heterocycles. The summed E-state index contributed by atoms with van der Waals surface area (Å²) in [6.07, 6.45) is 0. The fraction of sp³-hybridized carbons (Fsp3) is 0.385. The first-order valence-corrected chi connectivity index (χ1v) is 5.39. The summed E-state index contributed by atoms with van der Waals surface area (Å²) in [6, 6.07) is 6.92. The van der Waals surface area contributed by atoms with Gasteiger partial charge < -0.3 is 4.84 Å². The summed E-state index contributed by atoms with van der Waals surface area (Å²) in [4.78, 5) is 27.7. The number of hydroxylamine groups is 1. The highest BCUT2D eigenvalue weighted by Gasteiger charge is 2.22. The highest BCUT2D eigenvalue weighted by Crippen LogP contribution is 2.12. The lowest BCUT2D eigenvalue weighted by atomic mass is 9.96. The molecule has 0 fully saturated rings. The van der Waals surface area contributed by atoms with E-state index in [1.165, 1.54) is 0 Å². The van der Waals surface area contributed by atoms with Crippen LogP contribution in [0.5, 0.6) is 0 Å². The van der Waals surface area contributed by atoms with Crippen molar-refractivity contribution in [3.05, 3.63) is 35.4 Å². The van der Waals surface area contributed by atoms with Gasteiger partial charge in [-0.25, -0.2) is 4.79 Å². The predicted molar refractivity (Wildman–Crippen MR) is 64.2 cm³/mol. The molecule has 4 heteroatoms. The molecule has 4 nitrogen and oxygen atoms in total. The van der Waals surface area contributed by atoms with E-state index in [0.717, 1.165) is 5.56 Å². The maximum atomic E-state index is 11.6. The summed E-state index contributed by atoms with van der Waals surface area (Å²) < 4.78 is 0. The van der Waals surface area contributed by atoms with Gasteiger partial charge in [-0.3, -0.25) is 4.79 Å². The molecule has 92 valence electrons. The molecule has 0 aliphatic carbocycles. The number of hydrogen-bond donors (Lipinski definition) is 1. The largest absolute Gasteiger partial charge is 0.362 e. The number of amides is 1. The zero-order valence-corrected chi connectivity index (χ0v) is 10.5. The van der Waals surface area contributed by atoms with Gasteiger partial charge in [0.25, 0.3) is 5.91 Å². The maximum absolute atomic E-state index is 11.6. The Morgan fingerprint density at radius 3 is 2.12 bits per heavy atom. The van der Waals surface area contributed by atoms with E-state index in [1.807, 2.05) is 19.1 Å². The number of hydrogen-bond acceptors (Lipinski definition) is 3. The summed E-state index contributed by atoms with van der Waals surface area (Å²) in [5.74, 6) is -0.902. The van der Waals surface area contributed by atoms with Crippen LogP contribution in [0.3, 0.4) is 0 Å². The second kappa shape index (κ2) is 4.99. The molecule has 0 atom stereocenters. The standard InChI is InChI=1S/C13H17NO3/c1-9-5-7-10(8-6-9)11(15)17-14-12(16)13(2,3)4/h5-8H,1-4H3,(H,14,16). The smallest absolute Gasteiger partial charge is 0.335 e. The average molecular weight is 235 g/mol. The molecule has 1 rings (SSSR count). The monoisotopic (exact) mass is 235 g/mol. The van der Waals surface area contributed by atoms with Crippen LogP contribution >= 0.6 is 0 Å². The van der Waals surface area contributed by atoms with Crippen molar-refractivity contribution in [1.82, 2.24) is 5.48 Å². The van der Waals surface area contributed by atoms with Gasteiger partial charge in [0.15, 0.2) is 0 Å². The van der Waals surface area contributed by atoms with Crippen LogP contribution in [0.25, 0.3) is 0 Å². The summed E-state index contributed by atoms with van der Waals surface area (Å²) in [7, 11) is 0. The minimum absolute atomic E-state index is 0.335. The molecule has 0 aromatic heterocycles. The fourth-order valence-corrected chi connectivity index (χ4v) is 0.994. The van der Waals surface area contributed by atoms with Crippen molar-refractivity contribution < 1.29 is 14.4 Å². The first kappa shape index (κ1) is 13.2. The summed E-state index contributed by atoms with van der Waals surface area (Å²) in [6.45, 7) is 7.14. The predicted octanol–water partition coefficient (Wildman–Crippen LogP) is 2.23. The number of carbonyl (C=O) groups excluding carboxylic acids is 2. The second-order valence-electron chi connectivity index (χ2n) is 4.94. The van der Waals surface area contributed by atoms with Gasteiger partial charge in [0.05, 0.1) is 5.56 Å². The molecule has 1 aromatic carbocycles. The summed E-state index contributed by atoms with van der Waals surface area (Å²) >= 11 is 0. The van der Waals surface area contributed by atoms with Gasteiger partial charge in [0, 0.05) is 5.41 Å². The molecular weight excluding hydrogens is 218 g/mol. The third-order valence-corrected chi connectivity index (χ3v) is 2.20. The average Bonchev–Trinajstić information content (AvgIpc) is 2.25. The van der Waals surface area contributed by atoms with Crippen molar-refractivity contribution >= 4 is 11.9 Å². The minimum atomic E-state index is -0.590. The molecule has 0 spiro atoms. The highest BCUT2D eigenvalue weighted by atomic mass is 16.7.